The Bertz CT molecular complexity index is 1360. The third-order valence-electron chi connectivity index (χ3n) is 5.86. The van der Waals surface area contributed by atoms with E-state index in [0.29, 0.717) is 11.1 Å². The number of aromatic nitrogens is 1. The smallest absolute Gasteiger partial charge is 0.338 e. The molecule has 0 N–H and O–H groups in total. The summed E-state index contributed by atoms with van der Waals surface area (Å²) in [5.41, 5.74) is 7.03. The SMILES string of the molecule is COC(=O)c1ccccc1CO/N=C(/C)c1cc(-c2ccccc2)n(-c2cccc(OC)c2)c1C. The van der Waals surface area contributed by atoms with Crippen molar-refractivity contribution in [2.24, 2.45) is 5.16 Å². The number of rotatable bonds is 8. The van der Waals surface area contributed by atoms with Gasteiger partial charge in [-0.05, 0) is 43.7 Å². The minimum atomic E-state index is -0.399. The van der Waals surface area contributed by atoms with Crippen LogP contribution in [0, 0.1) is 6.92 Å². The Hall–Kier alpha value is -4.32. The van der Waals surface area contributed by atoms with Crippen LogP contribution in [-0.4, -0.2) is 30.5 Å². The van der Waals surface area contributed by atoms with Crippen molar-refractivity contribution in [3.8, 4) is 22.7 Å². The van der Waals surface area contributed by atoms with Crippen molar-refractivity contribution in [1.29, 1.82) is 0 Å². The van der Waals surface area contributed by atoms with Crippen LogP contribution in [0.25, 0.3) is 16.9 Å². The van der Waals surface area contributed by atoms with Crippen molar-refractivity contribution in [2.75, 3.05) is 14.2 Å². The normalized spacial score (nSPS) is 11.3. The minimum absolute atomic E-state index is 0.157. The fourth-order valence-corrected chi connectivity index (χ4v) is 4.08. The Kier molecular flexibility index (Phi) is 7.31. The number of carbonyl (C=O) groups is 1. The minimum Gasteiger partial charge on any atom is -0.497 e. The van der Waals surface area contributed by atoms with Crippen LogP contribution >= 0.6 is 0 Å². The Morgan fingerprint density at radius 3 is 2.37 bits per heavy atom. The molecule has 0 radical (unpaired) electrons. The molecule has 0 aliphatic carbocycles. The first-order valence-corrected chi connectivity index (χ1v) is 11.3. The number of hydrogen-bond acceptors (Lipinski definition) is 5. The van der Waals surface area contributed by atoms with Crippen molar-refractivity contribution in [3.05, 3.63) is 107 Å². The van der Waals surface area contributed by atoms with Crippen LogP contribution in [0.3, 0.4) is 0 Å². The molecule has 0 atom stereocenters. The Balaban J connectivity index is 1.69. The van der Waals surface area contributed by atoms with E-state index in [1.165, 1.54) is 7.11 Å². The molecule has 0 saturated heterocycles. The highest BCUT2D eigenvalue weighted by atomic mass is 16.6. The first kappa shape index (κ1) is 23.8. The fourth-order valence-electron chi connectivity index (χ4n) is 4.08. The second kappa shape index (κ2) is 10.7. The summed E-state index contributed by atoms with van der Waals surface area (Å²) in [7, 11) is 3.03. The van der Waals surface area contributed by atoms with Crippen molar-refractivity contribution >= 4 is 11.7 Å². The maximum absolute atomic E-state index is 12.0. The maximum atomic E-state index is 12.0. The topological polar surface area (TPSA) is 62.0 Å². The standard InChI is InChI=1S/C29H28N2O4/c1-20(30-35-19-23-13-8-9-16-26(23)29(32)34-4)27-18-28(22-11-6-5-7-12-22)31(21(27)2)24-14-10-15-25(17-24)33-3/h5-18H,19H2,1-4H3/b30-20-. The summed E-state index contributed by atoms with van der Waals surface area (Å²) in [6.07, 6.45) is 0. The van der Waals surface area contributed by atoms with Gasteiger partial charge in [0.2, 0.25) is 0 Å². The maximum Gasteiger partial charge on any atom is 0.338 e. The molecule has 0 saturated carbocycles. The summed E-state index contributed by atoms with van der Waals surface area (Å²) < 4.78 is 12.5. The number of ether oxygens (including phenoxy) is 2. The molecule has 0 fully saturated rings. The van der Waals surface area contributed by atoms with Gasteiger partial charge in [0.15, 0.2) is 0 Å². The molecule has 0 amide bonds. The van der Waals surface area contributed by atoms with Gasteiger partial charge in [0, 0.05) is 28.6 Å². The molecular weight excluding hydrogens is 440 g/mol. The van der Waals surface area contributed by atoms with Gasteiger partial charge in [-0.15, -0.1) is 0 Å². The van der Waals surface area contributed by atoms with Crippen molar-refractivity contribution in [3.63, 3.8) is 0 Å². The predicted molar refractivity (Wildman–Crippen MR) is 137 cm³/mol. The highest BCUT2D eigenvalue weighted by molar-refractivity contribution is 6.01. The van der Waals surface area contributed by atoms with Gasteiger partial charge < -0.3 is 18.9 Å². The fraction of sp³-hybridized carbons (Fsp3) is 0.172. The lowest BCUT2D eigenvalue weighted by Crippen LogP contribution is -2.06. The number of hydrogen-bond donors (Lipinski definition) is 0. The number of methoxy groups -OCH3 is 2. The van der Waals surface area contributed by atoms with Crippen molar-refractivity contribution in [1.82, 2.24) is 4.57 Å². The van der Waals surface area contributed by atoms with Gasteiger partial charge in [0.05, 0.1) is 31.2 Å². The molecule has 6 heteroatoms. The quantitative estimate of drug-likeness (QED) is 0.176. The van der Waals surface area contributed by atoms with E-state index in [9.17, 15) is 4.79 Å². The van der Waals surface area contributed by atoms with Crippen molar-refractivity contribution in [2.45, 2.75) is 20.5 Å². The van der Waals surface area contributed by atoms with E-state index in [1.807, 2.05) is 55.5 Å². The highest BCUT2D eigenvalue weighted by Gasteiger charge is 2.18. The second-order valence-corrected chi connectivity index (χ2v) is 8.03. The molecule has 4 rings (SSSR count). The average Bonchev–Trinajstić information content (AvgIpc) is 3.26. The van der Waals surface area contributed by atoms with Crippen molar-refractivity contribution < 1.29 is 19.1 Å². The summed E-state index contributed by atoms with van der Waals surface area (Å²) >= 11 is 0. The molecule has 1 heterocycles. The van der Waals surface area contributed by atoms with Crippen LogP contribution in [0.15, 0.2) is 90.1 Å². The summed E-state index contributed by atoms with van der Waals surface area (Å²) in [5, 5.41) is 4.38. The van der Waals surface area contributed by atoms with Gasteiger partial charge >= 0.3 is 5.97 Å². The second-order valence-electron chi connectivity index (χ2n) is 8.03. The first-order chi connectivity index (χ1) is 17.0. The molecular formula is C29H28N2O4. The Morgan fingerprint density at radius 1 is 0.886 bits per heavy atom. The summed E-state index contributed by atoms with van der Waals surface area (Å²) in [4.78, 5) is 17.7. The van der Waals surface area contributed by atoms with Crippen LogP contribution < -0.4 is 4.74 Å². The van der Waals surface area contributed by atoms with E-state index in [2.05, 4.69) is 40.9 Å². The lowest BCUT2D eigenvalue weighted by molar-refractivity contribution is 0.0593. The van der Waals surface area contributed by atoms with Crippen LogP contribution in [0.5, 0.6) is 5.75 Å². The predicted octanol–water partition coefficient (Wildman–Crippen LogP) is 6.19. The van der Waals surface area contributed by atoms with Gasteiger partial charge in [-0.25, -0.2) is 4.79 Å². The molecule has 0 bridgehead atoms. The molecule has 178 valence electrons. The Labute approximate surface area is 205 Å². The molecule has 1 aromatic heterocycles. The zero-order valence-corrected chi connectivity index (χ0v) is 20.3. The lowest BCUT2D eigenvalue weighted by atomic mass is 10.1. The number of oxime groups is 1. The molecule has 0 unspecified atom stereocenters. The molecule has 0 spiro atoms. The Morgan fingerprint density at radius 2 is 1.63 bits per heavy atom. The van der Waals surface area contributed by atoms with Gasteiger partial charge in [-0.2, -0.15) is 0 Å². The van der Waals surface area contributed by atoms with Gasteiger partial charge in [-0.1, -0.05) is 59.8 Å². The molecule has 0 aliphatic rings. The van der Waals surface area contributed by atoms with Crippen LogP contribution in [0.2, 0.25) is 0 Å². The summed E-state index contributed by atoms with van der Waals surface area (Å²) in [5.74, 6) is 0.387. The molecule has 35 heavy (non-hydrogen) atoms. The zero-order valence-electron chi connectivity index (χ0n) is 20.3. The number of carbonyl (C=O) groups excluding carboxylic acids is 1. The van der Waals surface area contributed by atoms with E-state index in [0.717, 1.165) is 39.7 Å². The summed E-state index contributed by atoms with van der Waals surface area (Å²) in [6.45, 7) is 4.13. The van der Waals surface area contributed by atoms with Gasteiger partial charge in [0.1, 0.15) is 12.4 Å². The summed E-state index contributed by atoms with van der Waals surface area (Å²) in [6, 6.07) is 27.5. The molecule has 3 aromatic carbocycles. The van der Waals surface area contributed by atoms with E-state index < -0.39 is 5.97 Å². The van der Waals surface area contributed by atoms with Crippen LogP contribution in [0.1, 0.15) is 34.1 Å². The largest absolute Gasteiger partial charge is 0.497 e. The monoisotopic (exact) mass is 468 g/mol. The van der Waals surface area contributed by atoms with E-state index in [-0.39, 0.29) is 6.61 Å². The van der Waals surface area contributed by atoms with Crippen LogP contribution in [0.4, 0.5) is 0 Å². The average molecular weight is 469 g/mol. The van der Waals surface area contributed by atoms with E-state index in [4.69, 9.17) is 14.3 Å². The first-order valence-electron chi connectivity index (χ1n) is 11.3. The molecule has 0 aliphatic heterocycles. The van der Waals surface area contributed by atoms with E-state index >= 15 is 0 Å². The molecule has 4 aromatic rings. The van der Waals surface area contributed by atoms with E-state index in [1.54, 1.807) is 19.2 Å². The van der Waals surface area contributed by atoms with Crippen LogP contribution in [-0.2, 0) is 16.2 Å². The highest BCUT2D eigenvalue weighted by Crippen LogP contribution is 2.31. The van der Waals surface area contributed by atoms with Gasteiger partial charge in [0.25, 0.3) is 0 Å². The third kappa shape index (κ3) is 5.11. The molecule has 6 nitrogen and oxygen atoms in total. The number of esters is 1. The van der Waals surface area contributed by atoms with Gasteiger partial charge in [-0.3, -0.25) is 0 Å². The number of nitrogens with zero attached hydrogens (tertiary/aromatic N) is 2. The number of benzene rings is 3. The lowest BCUT2D eigenvalue weighted by Gasteiger charge is -2.13. The third-order valence-corrected chi connectivity index (χ3v) is 5.86. The zero-order chi connectivity index (χ0) is 24.8.